The van der Waals surface area contributed by atoms with Crippen LogP contribution in [-0.2, 0) is 0 Å². The Morgan fingerprint density at radius 3 is 2.85 bits per heavy atom. The number of aromatic nitrogens is 1. The third-order valence-corrected chi connectivity index (χ3v) is 4.95. The number of thioether (sulfide) groups is 1. The highest BCUT2D eigenvalue weighted by Gasteiger charge is 2.19. The van der Waals surface area contributed by atoms with Crippen molar-refractivity contribution < 1.29 is 4.79 Å². The molecular weight excluding hydrogens is 364 g/mol. The van der Waals surface area contributed by atoms with E-state index in [4.69, 9.17) is 16.9 Å². The van der Waals surface area contributed by atoms with E-state index >= 15 is 0 Å². The maximum Gasteiger partial charge on any atom is 0.202 e. The number of aromatic amines is 1. The smallest absolute Gasteiger partial charge is 0.202 e. The van der Waals surface area contributed by atoms with Crippen molar-refractivity contribution in [3.63, 3.8) is 0 Å². The molecule has 104 valence electrons. The number of ketones is 1. The highest BCUT2D eigenvalue weighted by atomic mass is 79.9. The topological polar surface area (TPSA) is 73.7 Å². The van der Waals surface area contributed by atoms with Gasteiger partial charge in [-0.1, -0.05) is 39.3 Å². The van der Waals surface area contributed by atoms with Crippen LogP contribution in [-0.4, -0.2) is 16.5 Å². The number of nitriles is 1. The van der Waals surface area contributed by atoms with Gasteiger partial charge in [-0.2, -0.15) is 5.26 Å². The molecule has 1 aliphatic carbocycles. The maximum absolute atomic E-state index is 12.5. The number of hydrogen-bond acceptors (Lipinski definition) is 4. The van der Waals surface area contributed by atoms with Crippen LogP contribution < -0.4 is 16.0 Å². The van der Waals surface area contributed by atoms with Crippen molar-refractivity contribution in [2.75, 3.05) is 5.75 Å². The van der Waals surface area contributed by atoms with E-state index in [-0.39, 0.29) is 22.5 Å². The maximum atomic E-state index is 12.5. The zero-order valence-corrected chi connectivity index (χ0v) is 13.7. The van der Waals surface area contributed by atoms with Crippen molar-refractivity contribution in [1.82, 2.24) is 4.98 Å². The normalized spacial score (nSPS) is 13.9. The van der Waals surface area contributed by atoms with E-state index in [9.17, 15) is 9.59 Å². The second-order valence-electron chi connectivity index (χ2n) is 4.22. The summed E-state index contributed by atoms with van der Waals surface area (Å²) in [6.07, 6.45) is 1.27. The molecule has 0 saturated carbocycles. The van der Waals surface area contributed by atoms with Gasteiger partial charge < -0.3 is 4.98 Å². The Balaban J connectivity index is 2.92. The number of nitrogens with zero attached hydrogens (tertiary/aromatic N) is 1. The van der Waals surface area contributed by atoms with E-state index in [1.54, 1.807) is 0 Å². The summed E-state index contributed by atoms with van der Waals surface area (Å²) >= 11 is 10.7. The molecule has 4 nitrogen and oxygen atoms in total. The fourth-order valence-corrected chi connectivity index (χ4v) is 3.58. The second kappa shape index (κ2) is 6.17. The number of hydrogen-bond donors (Lipinski definition) is 1. The average molecular weight is 374 g/mol. The molecule has 2 rings (SSSR count). The Kier molecular flexibility index (Phi) is 4.74. The zero-order valence-electron chi connectivity index (χ0n) is 10.5. The van der Waals surface area contributed by atoms with Gasteiger partial charge in [0.25, 0.3) is 0 Å². The van der Waals surface area contributed by atoms with Gasteiger partial charge in [0.2, 0.25) is 5.43 Å². The molecule has 20 heavy (non-hydrogen) atoms. The van der Waals surface area contributed by atoms with Gasteiger partial charge >= 0.3 is 0 Å². The van der Waals surface area contributed by atoms with Crippen LogP contribution in [0, 0.1) is 11.3 Å². The third-order valence-electron chi connectivity index (χ3n) is 2.91. The first-order chi connectivity index (χ1) is 9.47. The van der Waals surface area contributed by atoms with E-state index in [1.165, 1.54) is 6.92 Å². The Morgan fingerprint density at radius 2 is 2.25 bits per heavy atom. The van der Waals surface area contributed by atoms with Crippen molar-refractivity contribution in [3.05, 3.63) is 26.4 Å². The fraction of sp³-hybridized carbons (Fsp3) is 0.308. The summed E-state index contributed by atoms with van der Waals surface area (Å²) < 4.78 is 0.850. The molecule has 1 aromatic rings. The molecule has 1 heterocycles. The Hall–Kier alpha value is -1.03. The number of fused-ring (bicyclic) bond motifs is 1. The molecule has 0 aliphatic heterocycles. The Bertz CT molecular complexity index is 807. The summed E-state index contributed by atoms with van der Waals surface area (Å²) in [6, 6.07) is 1.98. The Labute approximate surface area is 132 Å². The number of halogens is 2. The van der Waals surface area contributed by atoms with Gasteiger partial charge in [0.05, 0.1) is 33.0 Å². The fourth-order valence-electron chi connectivity index (χ4n) is 2.04. The lowest BCUT2D eigenvalue weighted by Crippen LogP contribution is -2.47. The summed E-state index contributed by atoms with van der Waals surface area (Å²) in [4.78, 5) is 27.3. The van der Waals surface area contributed by atoms with Gasteiger partial charge in [0.15, 0.2) is 5.78 Å². The lowest BCUT2D eigenvalue weighted by atomic mass is 10.1. The standard InChI is InChI=1S/C13H10BrClN2O2S/c1-6(18)9-12(19)10-8(15)3-2-7(14)11(10)17-13(9)20-5-4-16/h17H,2-3,5H2,1H3. The van der Waals surface area contributed by atoms with E-state index in [1.807, 2.05) is 6.07 Å². The molecule has 0 saturated heterocycles. The van der Waals surface area contributed by atoms with Gasteiger partial charge in [0, 0.05) is 9.51 Å². The molecule has 0 unspecified atom stereocenters. The molecule has 0 atom stereocenters. The molecule has 0 bridgehead atoms. The van der Waals surface area contributed by atoms with Crippen LogP contribution >= 0.6 is 39.3 Å². The molecule has 1 aliphatic rings. The molecule has 1 N–H and O–H groups in total. The van der Waals surface area contributed by atoms with E-state index in [2.05, 4.69) is 20.9 Å². The number of carbonyl (C=O) groups is 1. The van der Waals surface area contributed by atoms with Crippen LogP contribution in [0.3, 0.4) is 0 Å². The van der Waals surface area contributed by atoms with Crippen molar-refractivity contribution in [3.8, 4) is 6.07 Å². The molecule has 7 heteroatoms. The van der Waals surface area contributed by atoms with E-state index in [0.717, 1.165) is 16.2 Å². The van der Waals surface area contributed by atoms with Crippen LogP contribution in [0.25, 0.3) is 9.51 Å². The van der Waals surface area contributed by atoms with Crippen molar-refractivity contribution in [2.45, 2.75) is 24.8 Å². The number of pyridine rings is 1. The largest absolute Gasteiger partial charge is 0.348 e. The van der Waals surface area contributed by atoms with Gasteiger partial charge in [-0.25, -0.2) is 0 Å². The van der Waals surface area contributed by atoms with Crippen LogP contribution in [0.2, 0.25) is 0 Å². The van der Waals surface area contributed by atoms with Gasteiger partial charge in [-0.05, 0) is 19.8 Å². The van der Waals surface area contributed by atoms with Gasteiger partial charge in [-0.15, -0.1) is 0 Å². The number of Topliss-reactive ketones (excluding diaryl/α,β-unsaturated/α-hetero) is 1. The summed E-state index contributed by atoms with van der Waals surface area (Å²) in [5.74, 6) is -0.176. The first-order valence-electron chi connectivity index (χ1n) is 5.81. The van der Waals surface area contributed by atoms with E-state index < -0.39 is 0 Å². The highest BCUT2D eigenvalue weighted by Crippen LogP contribution is 2.22. The first kappa shape index (κ1) is 15.4. The summed E-state index contributed by atoms with van der Waals surface area (Å²) in [7, 11) is 0. The third kappa shape index (κ3) is 2.71. The lowest BCUT2D eigenvalue weighted by Gasteiger charge is -2.12. The van der Waals surface area contributed by atoms with Crippen molar-refractivity contribution in [1.29, 1.82) is 5.26 Å². The minimum atomic E-state index is -0.367. The predicted octanol–water partition coefficient (Wildman–Crippen LogP) is 1.84. The minimum absolute atomic E-state index is 0.0735. The molecule has 0 fully saturated rings. The zero-order chi connectivity index (χ0) is 14.9. The number of nitrogens with one attached hydrogen (secondary N) is 1. The Morgan fingerprint density at radius 1 is 1.55 bits per heavy atom. The van der Waals surface area contributed by atoms with Crippen LogP contribution in [0.1, 0.15) is 30.1 Å². The monoisotopic (exact) mass is 372 g/mol. The second-order valence-corrected chi connectivity index (χ2v) is 6.62. The number of carbonyl (C=O) groups excluding carboxylic acids is 1. The van der Waals surface area contributed by atoms with Crippen molar-refractivity contribution >= 4 is 54.6 Å². The molecular formula is C13H10BrClN2O2S. The number of rotatable bonds is 3. The summed E-state index contributed by atoms with van der Waals surface area (Å²) in [5.41, 5.74) is -0.294. The van der Waals surface area contributed by atoms with Gasteiger partial charge in [0.1, 0.15) is 0 Å². The average Bonchev–Trinajstić information content (AvgIpc) is 2.39. The molecule has 0 spiro atoms. The SMILES string of the molecule is CC(=O)c1c(SCC#N)[nH]c2c(c1=O)=C(Cl)CCC=2Br. The van der Waals surface area contributed by atoms with E-state index in [0.29, 0.717) is 33.5 Å². The summed E-state index contributed by atoms with van der Waals surface area (Å²) in [5, 5.41) is 10.5. The van der Waals surface area contributed by atoms with Crippen LogP contribution in [0.4, 0.5) is 0 Å². The number of H-pyrrole nitrogens is 1. The van der Waals surface area contributed by atoms with Gasteiger partial charge in [-0.3, -0.25) is 9.59 Å². The van der Waals surface area contributed by atoms with Crippen molar-refractivity contribution in [2.24, 2.45) is 0 Å². The lowest BCUT2D eigenvalue weighted by molar-refractivity contribution is 0.101. The minimum Gasteiger partial charge on any atom is -0.348 e. The molecule has 0 amide bonds. The summed E-state index contributed by atoms with van der Waals surface area (Å²) in [6.45, 7) is 1.34. The quantitative estimate of drug-likeness (QED) is 0.648. The highest BCUT2D eigenvalue weighted by molar-refractivity contribution is 9.14. The molecule has 0 radical (unpaired) electrons. The first-order valence-corrected chi connectivity index (χ1v) is 7.97. The molecule has 1 aromatic heterocycles. The predicted molar refractivity (Wildman–Crippen MR) is 83.5 cm³/mol. The molecule has 0 aromatic carbocycles. The van der Waals surface area contributed by atoms with Crippen LogP contribution in [0.15, 0.2) is 9.82 Å². The van der Waals surface area contributed by atoms with Crippen LogP contribution in [0.5, 0.6) is 0 Å².